The molecule has 0 saturated heterocycles. The summed E-state index contributed by atoms with van der Waals surface area (Å²) in [6, 6.07) is 15.3. The van der Waals surface area contributed by atoms with Gasteiger partial charge in [-0.1, -0.05) is 12.1 Å². The first-order chi connectivity index (χ1) is 12.2. The summed E-state index contributed by atoms with van der Waals surface area (Å²) in [5, 5.41) is 2.80. The molecule has 0 radical (unpaired) electrons. The van der Waals surface area contributed by atoms with E-state index in [0.717, 1.165) is 28.5 Å². The minimum Gasteiger partial charge on any atom is -0.497 e. The molecule has 1 aliphatic heterocycles. The smallest absolute Gasteiger partial charge is 0.244 e. The van der Waals surface area contributed by atoms with Gasteiger partial charge < -0.3 is 15.0 Å². The number of carbonyl (C=O) groups is 2. The van der Waals surface area contributed by atoms with E-state index < -0.39 is 0 Å². The highest BCUT2D eigenvalue weighted by Crippen LogP contribution is 2.29. The molecule has 2 aromatic rings. The number of carbonyl (C=O) groups excluding carboxylic acids is 2. The van der Waals surface area contributed by atoms with Crippen molar-refractivity contribution < 1.29 is 14.3 Å². The van der Waals surface area contributed by atoms with Crippen LogP contribution in [0, 0.1) is 0 Å². The highest BCUT2D eigenvalue weighted by Gasteiger charge is 2.25. The molecule has 3 rings (SSSR count). The average Bonchev–Trinajstić information content (AvgIpc) is 2.64. The van der Waals surface area contributed by atoms with Crippen LogP contribution in [-0.2, 0) is 9.59 Å². The van der Waals surface area contributed by atoms with Crippen molar-refractivity contribution in [2.75, 3.05) is 29.6 Å². The van der Waals surface area contributed by atoms with Crippen molar-refractivity contribution in [2.24, 2.45) is 0 Å². The lowest BCUT2D eigenvalue weighted by molar-refractivity contribution is -0.121. The molecule has 5 nitrogen and oxygen atoms in total. The van der Waals surface area contributed by atoms with E-state index >= 15 is 0 Å². The number of benzene rings is 2. The van der Waals surface area contributed by atoms with Gasteiger partial charge in [-0.05, 0) is 48.6 Å². The lowest BCUT2D eigenvalue weighted by Crippen LogP contribution is -2.42. The SMILES string of the molecule is COc1ccc(SCCCC(=O)N2CC(=O)Nc3ccccc32)cc1. The molecule has 0 aliphatic carbocycles. The van der Waals surface area contributed by atoms with Gasteiger partial charge in [0.2, 0.25) is 11.8 Å². The number of amides is 2. The van der Waals surface area contributed by atoms with E-state index in [1.807, 2.05) is 48.5 Å². The molecule has 0 fully saturated rings. The minimum atomic E-state index is -0.153. The molecule has 0 spiro atoms. The second-order valence-electron chi connectivity index (χ2n) is 5.67. The number of methoxy groups -OCH3 is 1. The van der Waals surface area contributed by atoms with Gasteiger partial charge in [0.15, 0.2) is 0 Å². The van der Waals surface area contributed by atoms with Crippen molar-refractivity contribution in [3.8, 4) is 5.75 Å². The minimum absolute atomic E-state index is 0.0161. The van der Waals surface area contributed by atoms with Crippen molar-refractivity contribution in [3.63, 3.8) is 0 Å². The molecule has 0 bridgehead atoms. The number of rotatable bonds is 6. The summed E-state index contributed by atoms with van der Waals surface area (Å²) in [4.78, 5) is 27.0. The van der Waals surface area contributed by atoms with Gasteiger partial charge >= 0.3 is 0 Å². The van der Waals surface area contributed by atoms with E-state index in [0.29, 0.717) is 12.1 Å². The first kappa shape index (κ1) is 17.4. The molecule has 6 heteroatoms. The number of hydrogen-bond acceptors (Lipinski definition) is 4. The van der Waals surface area contributed by atoms with Crippen molar-refractivity contribution >= 4 is 35.0 Å². The second kappa shape index (κ2) is 8.07. The highest BCUT2D eigenvalue weighted by molar-refractivity contribution is 7.99. The Hall–Kier alpha value is -2.47. The van der Waals surface area contributed by atoms with E-state index in [9.17, 15) is 9.59 Å². The molecule has 25 heavy (non-hydrogen) atoms. The van der Waals surface area contributed by atoms with E-state index in [2.05, 4.69) is 5.32 Å². The van der Waals surface area contributed by atoms with E-state index in [1.54, 1.807) is 23.8 Å². The fraction of sp³-hybridized carbons (Fsp3) is 0.263. The molecule has 1 aliphatic rings. The van der Waals surface area contributed by atoms with Gasteiger partial charge in [0.25, 0.3) is 0 Å². The van der Waals surface area contributed by atoms with Crippen LogP contribution in [-0.4, -0.2) is 31.2 Å². The average molecular weight is 356 g/mol. The Morgan fingerprint density at radius 2 is 1.96 bits per heavy atom. The number of para-hydroxylation sites is 2. The fourth-order valence-electron chi connectivity index (χ4n) is 2.68. The van der Waals surface area contributed by atoms with Gasteiger partial charge in [-0.2, -0.15) is 0 Å². The molecule has 0 unspecified atom stereocenters. The maximum Gasteiger partial charge on any atom is 0.244 e. The monoisotopic (exact) mass is 356 g/mol. The molecular formula is C19H20N2O3S. The third-order valence-corrected chi connectivity index (χ3v) is 5.03. The maximum absolute atomic E-state index is 12.5. The van der Waals surface area contributed by atoms with Gasteiger partial charge in [0.1, 0.15) is 12.3 Å². The molecular weight excluding hydrogens is 336 g/mol. The van der Waals surface area contributed by atoms with Gasteiger partial charge in [-0.25, -0.2) is 0 Å². The summed E-state index contributed by atoms with van der Waals surface area (Å²) < 4.78 is 5.14. The van der Waals surface area contributed by atoms with Gasteiger partial charge in [0.05, 0.1) is 18.5 Å². The highest BCUT2D eigenvalue weighted by atomic mass is 32.2. The topological polar surface area (TPSA) is 58.6 Å². The first-order valence-electron chi connectivity index (χ1n) is 8.13. The molecule has 2 aromatic carbocycles. The van der Waals surface area contributed by atoms with Gasteiger partial charge in [-0.15, -0.1) is 11.8 Å². The number of nitrogens with one attached hydrogen (secondary N) is 1. The van der Waals surface area contributed by atoms with Crippen LogP contribution in [0.1, 0.15) is 12.8 Å². The fourth-order valence-corrected chi connectivity index (χ4v) is 3.53. The third-order valence-electron chi connectivity index (χ3n) is 3.93. The Bertz CT molecular complexity index is 762. The van der Waals surface area contributed by atoms with E-state index in [1.165, 1.54) is 0 Å². The summed E-state index contributed by atoms with van der Waals surface area (Å²) in [5.74, 6) is 1.51. The molecule has 0 atom stereocenters. The van der Waals surface area contributed by atoms with Crippen LogP contribution in [0.2, 0.25) is 0 Å². The Morgan fingerprint density at radius 1 is 1.20 bits per heavy atom. The molecule has 1 heterocycles. The summed E-state index contributed by atoms with van der Waals surface area (Å²) in [5.41, 5.74) is 1.47. The zero-order chi connectivity index (χ0) is 17.6. The Morgan fingerprint density at radius 3 is 2.72 bits per heavy atom. The zero-order valence-corrected chi connectivity index (χ0v) is 14.8. The Kier molecular flexibility index (Phi) is 5.60. The quantitative estimate of drug-likeness (QED) is 0.635. The van der Waals surface area contributed by atoms with Crippen molar-refractivity contribution in [1.82, 2.24) is 0 Å². The molecule has 130 valence electrons. The van der Waals surface area contributed by atoms with E-state index in [-0.39, 0.29) is 18.4 Å². The number of ether oxygens (including phenoxy) is 1. The zero-order valence-electron chi connectivity index (χ0n) is 14.0. The lowest BCUT2D eigenvalue weighted by atomic mass is 10.1. The summed E-state index contributed by atoms with van der Waals surface area (Å²) in [7, 11) is 1.65. The Balaban J connectivity index is 1.52. The van der Waals surface area contributed by atoms with Crippen LogP contribution in [0.25, 0.3) is 0 Å². The number of fused-ring (bicyclic) bond motifs is 1. The molecule has 1 N–H and O–H groups in total. The van der Waals surface area contributed by atoms with Crippen molar-refractivity contribution in [2.45, 2.75) is 17.7 Å². The number of anilines is 2. The third kappa shape index (κ3) is 4.33. The Labute approximate surface area is 151 Å². The van der Waals surface area contributed by atoms with Crippen molar-refractivity contribution in [3.05, 3.63) is 48.5 Å². The summed E-state index contributed by atoms with van der Waals surface area (Å²) >= 11 is 1.71. The lowest BCUT2D eigenvalue weighted by Gasteiger charge is -2.29. The molecule has 0 saturated carbocycles. The van der Waals surface area contributed by atoms with Crippen LogP contribution >= 0.6 is 11.8 Å². The van der Waals surface area contributed by atoms with Crippen molar-refractivity contribution in [1.29, 1.82) is 0 Å². The maximum atomic E-state index is 12.5. The summed E-state index contributed by atoms with van der Waals surface area (Å²) in [6.07, 6.45) is 1.18. The van der Waals surface area contributed by atoms with Gasteiger partial charge in [-0.3, -0.25) is 9.59 Å². The number of nitrogens with zero attached hydrogens (tertiary/aromatic N) is 1. The van der Waals surface area contributed by atoms with E-state index in [4.69, 9.17) is 4.74 Å². The normalized spacial score (nSPS) is 13.2. The van der Waals surface area contributed by atoms with Gasteiger partial charge in [0, 0.05) is 11.3 Å². The van der Waals surface area contributed by atoms with Crippen LogP contribution < -0.4 is 15.0 Å². The predicted octanol–water partition coefficient (Wildman–Crippen LogP) is 3.55. The molecule has 2 amide bonds. The first-order valence-corrected chi connectivity index (χ1v) is 9.12. The van der Waals surface area contributed by atoms with Crippen LogP contribution in [0.5, 0.6) is 5.75 Å². The van der Waals surface area contributed by atoms with Crippen LogP contribution in [0.4, 0.5) is 11.4 Å². The van der Waals surface area contributed by atoms with Crippen LogP contribution in [0.15, 0.2) is 53.4 Å². The predicted molar refractivity (Wildman–Crippen MR) is 100 cm³/mol. The number of hydrogen-bond donors (Lipinski definition) is 1. The molecule has 0 aromatic heterocycles. The van der Waals surface area contributed by atoms with Crippen LogP contribution in [0.3, 0.4) is 0 Å². The largest absolute Gasteiger partial charge is 0.497 e. The summed E-state index contributed by atoms with van der Waals surface area (Å²) in [6.45, 7) is 0.0848. The second-order valence-corrected chi connectivity index (χ2v) is 6.84. The standard InChI is InChI=1S/C19H20N2O3S/c1-24-14-8-10-15(11-9-14)25-12-4-7-19(23)21-13-18(22)20-16-5-2-3-6-17(16)21/h2-3,5-6,8-11H,4,7,12-13H2,1H3,(H,20,22). The number of thioether (sulfide) groups is 1.